The molecule has 0 unspecified atom stereocenters. The van der Waals surface area contributed by atoms with Crippen LogP contribution in [0.4, 0.5) is 0 Å². The third-order valence-corrected chi connectivity index (χ3v) is 6.46. The van der Waals surface area contributed by atoms with Gasteiger partial charge in [0.2, 0.25) is 0 Å². The Labute approximate surface area is 260 Å². The quantitative estimate of drug-likeness (QED) is 0.235. The molecule has 3 aromatic rings. The highest BCUT2D eigenvalue weighted by Gasteiger charge is 2.08. The summed E-state index contributed by atoms with van der Waals surface area (Å²) in [5, 5.41) is 3.55. The van der Waals surface area contributed by atoms with Gasteiger partial charge in [0.15, 0.2) is 0 Å². The van der Waals surface area contributed by atoms with E-state index in [0.717, 1.165) is 17.9 Å². The Morgan fingerprint density at radius 1 is 0.805 bits per heavy atom. The second kappa shape index (κ2) is 27.8. The highest BCUT2D eigenvalue weighted by molar-refractivity contribution is 6.30. The number of hydrogen-bond acceptors (Lipinski definition) is 1. The molecule has 41 heavy (non-hydrogen) atoms. The van der Waals surface area contributed by atoms with Crippen LogP contribution < -0.4 is 5.32 Å². The molecule has 0 amide bonds. The van der Waals surface area contributed by atoms with Crippen LogP contribution >= 0.6 is 11.6 Å². The predicted molar refractivity (Wildman–Crippen MR) is 190 cm³/mol. The van der Waals surface area contributed by atoms with Crippen molar-refractivity contribution in [2.45, 2.75) is 107 Å². The monoisotopic (exact) mass is 579 g/mol. The molecule has 0 fully saturated rings. The van der Waals surface area contributed by atoms with Crippen molar-refractivity contribution in [2.75, 3.05) is 14.1 Å². The minimum Gasteiger partial charge on any atom is -0.323 e. The molecule has 0 bridgehead atoms. The average molecular weight is 580 g/mol. The molecule has 0 aromatic heterocycles. The Kier molecular flexibility index (Phi) is 27.7. The number of hydrogen-bond donors (Lipinski definition) is 1. The Balaban J connectivity index is 0. The number of benzene rings is 3. The number of aryl methyl sites for hydroxylation is 4. The van der Waals surface area contributed by atoms with Crippen LogP contribution in [0.2, 0.25) is 5.02 Å². The maximum Gasteiger partial charge on any atom is 0.0406 e. The fourth-order valence-electron chi connectivity index (χ4n) is 3.95. The van der Waals surface area contributed by atoms with Crippen molar-refractivity contribution in [1.82, 2.24) is 5.32 Å². The van der Waals surface area contributed by atoms with Crippen LogP contribution in [0, 0.1) is 19.8 Å². The van der Waals surface area contributed by atoms with Crippen molar-refractivity contribution in [1.29, 1.82) is 0 Å². The molecule has 2 heteroatoms. The summed E-state index contributed by atoms with van der Waals surface area (Å²) in [5.41, 5.74) is 8.18. The van der Waals surface area contributed by atoms with Crippen LogP contribution in [0.1, 0.15) is 108 Å². The lowest BCUT2D eigenvalue weighted by molar-refractivity contribution is 0.546. The highest BCUT2D eigenvalue weighted by Crippen LogP contribution is 2.25. The highest BCUT2D eigenvalue weighted by atomic mass is 35.5. The van der Waals surface area contributed by atoms with Crippen molar-refractivity contribution < 1.29 is 0 Å². The summed E-state index contributed by atoms with van der Waals surface area (Å²) in [7, 11) is 3.75. The fraction of sp³-hybridized carbons (Fsp3) is 0.487. The summed E-state index contributed by atoms with van der Waals surface area (Å²) in [6.45, 7) is 21.4. The van der Waals surface area contributed by atoms with Gasteiger partial charge in [-0.2, -0.15) is 0 Å². The van der Waals surface area contributed by atoms with Gasteiger partial charge in [0, 0.05) is 5.02 Å². The Hall–Kier alpha value is -2.35. The summed E-state index contributed by atoms with van der Waals surface area (Å²) < 4.78 is 0. The number of halogens is 1. The van der Waals surface area contributed by atoms with Crippen molar-refractivity contribution in [3.63, 3.8) is 0 Å². The van der Waals surface area contributed by atoms with Crippen LogP contribution in [-0.4, -0.2) is 14.1 Å². The molecule has 0 radical (unpaired) electrons. The van der Waals surface area contributed by atoms with Gasteiger partial charge in [0.05, 0.1) is 0 Å². The Morgan fingerprint density at radius 2 is 1.34 bits per heavy atom. The van der Waals surface area contributed by atoms with E-state index in [1.165, 1.54) is 71.9 Å². The van der Waals surface area contributed by atoms with Crippen LogP contribution in [0.3, 0.4) is 0 Å². The number of nitrogens with one attached hydrogen (secondary N) is 1. The second-order valence-electron chi connectivity index (χ2n) is 10.5. The summed E-state index contributed by atoms with van der Waals surface area (Å²) in [5.74, 6) is 0.663. The van der Waals surface area contributed by atoms with E-state index in [2.05, 4.69) is 95.0 Å². The normalized spacial score (nSPS) is 10.2. The molecule has 0 aliphatic carbocycles. The summed E-state index contributed by atoms with van der Waals surface area (Å²) in [6.07, 6.45) is 9.83. The Bertz CT molecular complexity index is 966. The zero-order chi connectivity index (χ0) is 31.5. The largest absolute Gasteiger partial charge is 0.323 e. The first-order valence-corrected chi connectivity index (χ1v) is 16.2. The summed E-state index contributed by atoms with van der Waals surface area (Å²) >= 11 is 5.61. The van der Waals surface area contributed by atoms with E-state index in [0.29, 0.717) is 5.92 Å². The number of unbranched alkanes of at least 4 members (excludes halogenated alkanes) is 2. The molecular formula is C39H62ClN. The first-order chi connectivity index (χ1) is 19.7. The zero-order valence-electron chi connectivity index (χ0n) is 28.2. The minimum atomic E-state index is 0.663. The molecule has 0 spiro atoms. The van der Waals surface area contributed by atoms with E-state index in [9.17, 15) is 0 Å². The van der Waals surface area contributed by atoms with Crippen LogP contribution in [0.25, 0.3) is 5.57 Å². The van der Waals surface area contributed by atoms with Crippen molar-refractivity contribution in [3.05, 3.63) is 112 Å². The van der Waals surface area contributed by atoms with Gasteiger partial charge in [-0.15, -0.1) is 0 Å². The number of rotatable bonds is 10. The lowest BCUT2D eigenvalue weighted by atomic mass is 9.91. The van der Waals surface area contributed by atoms with Crippen molar-refractivity contribution in [2.24, 2.45) is 5.92 Å². The van der Waals surface area contributed by atoms with Crippen molar-refractivity contribution in [3.8, 4) is 0 Å². The third kappa shape index (κ3) is 22.0. The van der Waals surface area contributed by atoms with Gasteiger partial charge in [-0.05, 0) is 106 Å². The Morgan fingerprint density at radius 3 is 1.83 bits per heavy atom. The van der Waals surface area contributed by atoms with E-state index in [1.807, 2.05) is 59.1 Å². The first-order valence-electron chi connectivity index (χ1n) is 15.8. The average Bonchev–Trinajstić information content (AvgIpc) is 2.97. The standard InChI is InChI=1S/C25H34.C7H7Cl.C3H8.C2H7N.C2H6/c1-5-6-7-11-23-14-17-25(18-15-23)22(4)19-20(2)13-16-24-12-9-8-10-21(24)3;1-6-2-4-7(8)5-3-6;2*1-3-2;1-2/h8-10,12,14-15,17-18,20H,4-7,11,13,16,19H2,1-3H3;2-5H,1H3;3H2,1-2H3;3H,1-2H3;1-2H3/t20-;;;;/m0..../s1. The van der Waals surface area contributed by atoms with Gasteiger partial charge in [0.25, 0.3) is 0 Å². The fourth-order valence-corrected chi connectivity index (χ4v) is 4.08. The lowest BCUT2D eigenvalue weighted by Gasteiger charge is -2.15. The van der Waals surface area contributed by atoms with Gasteiger partial charge < -0.3 is 5.32 Å². The molecule has 0 aliphatic heterocycles. The predicted octanol–water partition coefficient (Wildman–Crippen LogP) is 12.3. The SMILES string of the molecule is C=C(C[C@@H](C)CCc1ccccc1C)c1ccc(CCCCC)cc1.CC.CCC.CNC.Cc1ccc(Cl)cc1. The molecular weight excluding hydrogens is 518 g/mol. The van der Waals surface area contributed by atoms with Crippen LogP contribution in [-0.2, 0) is 12.8 Å². The van der Waals surface area contributed by atoms with Gasteiger partial charge in [-0.25, -0.2) is 0 Å². The molecule has 0 heterocycles. The molecule has 1 nitrogen and oxygen atoms in total. The van der Waals surface area contributed by atoms with E-state index in [4.69, 9.17) is 11.6 Å². The smallest absolute Gasteiger partial charge is 0.0406 e. The molecule has 0 saturated carbocycles. The van der Waals surface area contributed by atoms with Crippen LogP contribution in [0.5, 0.6) is 0 Å². The first kappa shape index (κ1) is 40.8. The van der Waals surface area contributed by atoms with Gasteiger partial charge in [0.1, 0.15) is 0 Å². The molecule has 0 saturated heterocycles. The third-order valence-electron chi connectivity index (χ3n) is 6.20. The topological polar surface area (TPSA) is 12.0 Å². The van der Waals surface area contributed by atoms with Gasteiger partial charge >= 0.3 is 0 Å². The maximum absolute atomic E-state index is 5.61. The minimum absolute atomic E-state index is 0.663. The molecule has 3 aromatic carbocycles. The molecule has 0 aliphatic rings. The van der Waals surface area contributed by atoms with E-state index in [-0.39, 0.29) is 0 Å². The maximum atomic E-state index is 5.61. The summed E-state index contributed by atoms with van der Waals surface area (Å²) in [4.78, 5) is 0. The molecule has 3 rings (SSSR count). The molecule has 1 N–H and O–H groups in total. The molecule has 1 atom stereocenters. The molecule has 230 valence electrons. The van der Waals surface area contributed by atoms with E-state index in [1.54, 1.807) is 0 Å². The zero-order valence-corrected chi connectivity index (χ0v) is 29.0. The number of allylic oxidation sites excluding steroid dienone is 1. The van der Waals surface area contributed by atoms with Gasteiger partial charge in [-0.1, -0.05) is 145 Å². The van der Waals surface area contributed by atoms with Gasteiger partial charge in [-0.3, -0.25) is 0 Å². The lowest BCUT2D eigenvalue weighted by Crippen LogP contribution is -2.00. The summed E-state index contributed by atoms with van der Waals surface area (Å²) in [6, 6.07) is 25.6. The second-order valence-corrected chi connectivity index (χ2v) is 11.0. The van der Waals surface area contributed by atoms with Crippen molar-refractivity contribution >= 4 is 17.2 Å². The van der Waals surface area contributed by atoms with E-state index < -0.39 is 0 Å². The van der Waals surface area contributed by atoms with E-state index >= 15 is 0 Å². The van der Waals surface area contributed by atoms with Crippen LogP contribution in [0.15, 0.2) is 79.4 Å².